The first-order valence-corrected chi connectivity index (χ1v) is 15.1. The molecule has 3 saturated carbocycles. The first kappa shape index (κ1) is 24.4. The molecule has 2 aliphatic heterocycles. The monoisotopic (exact) mass is 549 g/mol. The van der Waals surface area contributed by atoms with E-state index in [4.69, 9.17) is 0 Å². The molecule has 5 fully saturated rings. The fraction of sp³-hybridized carbons (Fsp3) is 0.654. The zero-order valence-corrected chi connectivity index (χ0v) is 21.9. The second kappa shape index (κ2) is 7.73. The van der Waals surface area contributed by atoms with E-state index < -0.39 is 21.6 Å². The molecule has 2 spiro atoms. The number of benzene rings is 1. The molecule has 3 aliphatic carbocycles. The number of rotatable bonds is 4. The van der Waals surface area contributed by atoms with E-state index in [9.17, 15) is 26.4 Å². The summed E-state index contributed by atoms with van der Waals surface area (Å²) in [5.41, 5.74) is -0.365. The average molecular weight is 550 g/mol. The van der Waals surface area contributed by atoms with Crippen LogP contribution in [0.2, 0.25) is 0 Å². The lowest BCUT2D eigenvalue weighted by molar-refractivity contribution is -0.137. The number of alkyl halides is 3. The smallest absolute Gasteiger partial charge is 0.328 e. The van der Waals surface area contributed by atoms with E-state index in [0.717, 1.165) is 56.0 Å². The minimum absolute atomic E-state index is 0.0511. The van der Waals surface area contributed by atoms with Gasteiger partial charge in [0.05, 0.1) is 10.5 Å². The van der Waals surface area contributed by atoms with Crippen molar-refractivity contribution in [2.24, 2.45) is 10.8 Å². The highest BCUT2D eigenvalue weighted by atomic mass is 32.2. The van der Waals surface area contributed by atoms with E-state index in [1.165, 1.54) is 18.9 Å². The molecule has 3 heterocycles. The van der Waals surface area contributed by atoms with Gasteiger partial charge >= 0.3 is 12.2 Å². The lowest BCUT2D eigenvalue weighted by Gasteiger charge is -2.63. The molecule has 0 radical (unpaired) electrons. The van der Waals surface area contributed by atoms with Crippen LogP contribution in [0, 0.1) is 10.8 Å². The number of nitrogens with one attached hydrogen (secondary N) is 1. The average Bonchev–Trinajstić information content (AvgIpc) is 3.46. The van der Waals surface area contributed by atoms with E-state index in [1.807, 2.05) is 9.80 Å². The molecule has 8 nitrogen and oxygen atoms in total. The summed E-state index contributed by atoms with van der Waals surface area (Å²) in [6.07, 6.45) is 2.14. The van der Waals surface area contributed by atoms with Crippen LogP contribution < -0.4 is 0 Å². The molecule has 2 amide bonds. The van der Waals surface area contributed by atoms with Gasteiger partial charge in [0.15, 0.2) is 9.84 Å². The van der Waals surface area contributed by atoms with E-state index >= 15 is 0 Å². The summed E-state index contributed by atoms with van der Waals surface area (Å²) < 4.78 is 64.0. The third kappa shape index (κ3) is 3.93. The third-order valence-corrected chi connectivity index (χ3v) is 10.6. The Morgan fingerprint density at radius 1 is 0.921 bits per heavy atom. The van der Waals surface area contributed by atoms with Gasteiger partial charge in [0.2, 0.25) is 0 Å². The van der Waals surface area contributed by atoms with E-state index in [0.29, 0.717) is 43.3 Å². The van der Waals surface area contributed by atoms with Crippen LogP contribution in [0.4, 0.5) is 18.0 Å². The number of amides is 2. The molecular weight excluding hydrogens is 519 g/mol. The highest BCUT2D eigenvalue weighted by Crippen LogP contribution is 2.59. The van der Waals surface area contributed by atoms with E-state index in [1.54, 1.807) is 0 Å². The maximum atomic E-state index is 13.1. The number of hydrogen-bond donors (Lipinski definition) is 1. The Balaban J connectivity index is 0.914. The number of aromatic nitrogens is 3. The molecule has 5 aliphatic rings. The van der Waals surface area contributed by atoms with Crippen LogP contribution in [0.25, 0.3) is 0 Å². The number of likely N-dealkylation sites (tertiary alicyclic amines) is 2. The van der Waals surface area contributed by atoms with Crippen molar-refractivity contribution in [1.82, 2.24) is 25.0 Å². The summed E-state index contributed by atoms with van der Waals surface area (Å²) in [4.78, 5) is 19.9. The molecule has 12 heteroatoms. The van der Waals surface area contributed by atoms with Crippen LogP contribution in [0.5, 0.6) is 0 Å². The second-order valence-electron chi connectivity index (χ2n) is 12.6. The van der Waals surface area contributed by atoms with Crippen LogP contribution in [-0.2, 0) is 16.0 Å². The molecule has 0 bridgehead atoms. The lowest BCUT2D eigenvalue weighted by atomic mass is 9.56. The van der Waals surface area contributed by atoms with Gasteiger partial charge in [-0.3, -0.25) is 0 Å². The maximum absolute atomic E-state index is 13.1. The number of aromatic amines is 1. The first-order valence-electron chi connectivity index (χ1n) is 13.2. The Morgan fingerprint density at radius 2 is 1.45 bits per heavy atom. The summed E-state index contributed by atoms with van der Waals surface area (Å²) in [6.45, 7) is 2.76. The summed E-state index contributed by atoms with van der Waals surface area (Å²) >= 11 is 0. The van der Waals surface area contributed by atoms with Crippen molar-refractivity contribution in [2.75, 3.05) is 32.4 Å². The molecule has 1 aromatic heterocycles. The summed E-state index contributed by atoms with van der Waals surface area (Å²) in [6, 6.07) is 3.08. The number of carbonyl (C=O) groups excluding carboxylic acids is 1. The molecule has 0 unspecified atom stereocenters. The zero-order valence-electron chi connectivity index (χ0n) is 21.1. The summed E-state index contributed by atoms with van der Waals surface area (Å²) in [5, 5.41) is 8.63. The highest BCUT2D eigenvalue weighted by molar-refractivity contribution is 7.90. The van der Waals surface area contributed by atoms with Crippen molar-refractivity contribution in [3.63, 3.8) is 0 Å². The number of halogens is 3. The van der Waals surface area contributed by atoms with Crippen molar-refractivity contribution in [3.8, 4) is 0 Å². The third-order valence-electron chi connectivity index (χ3n) is 9.42. The number of carbonyl (C=O) groups is 1. The fourth-order valence-electron chi connectivity index (χ4n) is 7.28. The summed E-state index contributed by atoms with van der Waals surface area (Å²) in [7, 11) is -3.81. The Hall–Kier alpha value is -2.63. The van der Waals surface area contributed by atoms with Gasteiger partial charge in [-0.25, -0.2) is 13.2 Å². The molecule has 1 N–H and O–H groups in total. The number of hydrogen-bond acceptors (Lipinski definition) is 5. The quantitative estimate of drug-likeness (QED) is 0.614. The SMILES string of the molecule is CS(=O)(=O)c1cc(C(F)(F)F)ccc1C1CC2(C1)CN(C(=O)N1CC3(CC(c4nnc(C5CC5)[nH]4)C3)C1)C2. The van der Waals surface area contributed by atoms with Gasteiger partial charge < -0.3 is 14.8 Å². The van der Waals surface area contributed by atoms with Crippen molar-refractivity contribution in [2.45, 2.75) is 67.4 Å². The predicted octanol–water partition coefficient (Wildman–Crippen LogP) is 4.28. The number of urea groups is 1. The molecule has 7 rings (SSSR count). The summed E-state index contributed by atoms with van der Waals surface area (Å²) in [5.74, 6) is 2.84. The van der Waals surface area contributed by atoms with E-state index in [-0.39, 0.29) is 27.7 Å². The largest absolute Gasteiger partial charge is 0.416 e. The minimum Gasteiger partial charge on any atom is -0.328 e. The molecule has 0 atom stereocenters. The van der Waals surface area contributed by atoms with Gasteiger partial charge in [0.25, 0.3) is 0 Å². The van der Waals surface area contributed by atoms with Crippen LogP contribution in [0.1, 0.15) is 79.1 Å². The van der Waals surface area contributed by atoms with Crippen LogP contribution in [0.15, 0.2) is 23.1 Å². The maximum Gasteiger partial charge on any atom is 0.416 e. The Labute approximate surface area is 218 Å². The van der Waals surface area contributed by atoms with Crippen LogP contribution in [-0.4, -0.2) is 71.9 Å². The zero-order chi connectivity index (χ0) is 26.7. The molecule has 1 aromatic carbocycles. The first-order chi connectivity index (χ1) is 17.8. The normalized spacial score (nSPS) is 24.6. The van der Waals surface area contributed by atoms with Gasteiger partial charge in [0.1, 0.15) is 11.6 Å². The predicted molar refractivity (Wildman–Crippen MR) is 130 cm³/mol. The molecule has 2 aromatic rings. The van der Waals surface area contributed by atoms with E-state index in [2.05, 4.69) is 15.2 Å². The number of nitrogens with zero attached hydrogens (tertiary/aromatic N) is 4. The second-order valence-corrected chi connectivity index (χ2v) is 14.6. The van der Waals surface area contributed by atoms with Crippen LogP contribution >= 0.6 is 0 Å². The Bertz CT molecular complexity index is 1410. The van der Waals surface area contributed by atoms with Gasteiger partial charge in [-0.2, -0.15) is 13.2 Å². The topological polar surface area (TPSA) is 99.3 Å². The van der Waals surface area contributed by atoms with Crippen molar-refractivity contribution in [1.29, 1.82) is 0 Å². The van der Waals surface area contributed by atoms with Gasteiger partial charge in [-0.05, 0) is 62.1 Å². The Kier molecular flexibility index (Phi) is 4.97. The van der Waals surface area contributed by atoms with Gasteiger partial charge in [-0.1, -0.05) is 6.07 Å². The van der Waals surface area contributed by atoms with Crippen molar-refractivity contribution >= 4 is 15.9 Å². The molecule has 204 valence electrons. The number of sulfone groups is 1. The van der Waals surface area contributed by atoms with Crippen molar-refractivity contribution in [3.05, 3.63) is 41.0 Å². The fourth-order valence-corrected chi connectivity index (χ4v) is 8.28. The van der Waals surface area contributed by atoms with Gasteiger partial charge in [-0.15, -0.1) is 10.2 Å². The highest BCUT2D eigenvalue weighted by Gasteiger charge is 2.59. The minimum atomic E-state index is -4.60. The molecular formula is C26H30F3N5O3S. The molecule has 2 saturated heterocycles. The standard InChI is InChI=1S/C26H30F3N5O3S/c1-38(36,37)20-6-18(26(27,28)29)4-5-19(20)16-7-24(8-16)11-33(12-24)23(35)34-13-25(14-34)9-17(10-25)22-30-21(31-32-22)15-2-3-15/h4-6,15-17H,2-3,7-14H2,1H3,(H,30,31,32). The number of H-pyrrole nitrogens is 1. The van der Waals surface area contributed by atoms with Crippen molar-refractivity contribution < 1.29 is 26.4 Å². The van der Waals surface area contributed by atoms with Gasteiger partial charge in [0, 0.05) is 55.1 Å². The van der Waals surface area contributed by atoms with Crippen LogP contribution in [0.3, 0.4) is 0 Å². The Morgan fingerprint density at radius 3 is 1.95 bits per heavy atom. The lowest BCUT2D eigenvalue weighted by Crippen LogP contribution is -2.70. The molecule has 38 heavy (non-hydrogen) atoms.